The van der Waals surface area contributed by atoms with Crippen LogP contribution < -0.4 is 0 Å². The van der Waals surface area contributed by atoms with Gasteiger partial charge in [0.05, 0.1) is 13.2 Å². The minimum absolute atomic E-state index is 0.121. The second-order valence-electron chi connectivity index (χ2n) is 15.3. The first kappa shape index (κ1) is 27.5. The lowest BCUT2D eigenvalue weighted by Crippen LogP contribution is -2.51. The van der Waals surface area contributed by atoms with Crippen molar-refractivity contribution in [2.75, 3.05) is 13.2 Å². The maximum absolute atomic E-state index is 6.53. The average molecular weight is 549 g/mol. The van der Waals surface area contributed by atoms with Crippen molar-refractivity contribution in [2.45, 2.75) is 97.7 Å². The van der Waals surface area contributed by atoms with Crippen LogP contribution in [0.15, 0.2) is 59.7 Å². The molecule has 4 aliphatic carbocycles. The third kappa shape index (κ3) is 4.92. The zero-order valence-electron chi connectivity index (χ0n) is 25.9. The Hall–Kier alpha value is -2.34. The predicted molar refractivity (Wildman–Crippen MR) is 166 cm³/mol. The SMILES string of the molecule is Cc1cccc(C#Cc2ccc(C3CC4(C)C(C)CCC4C4CCC5CC6(CCC5=C34)OCC(C)(C)CO6)cc2)c1. The van der Waals surface area contributed by atoms with Crippen LogP contribution in [0.2, 0.25) is 0 Å². The Morgan fingerprint density at radius 2 is 1.59 bits per heavy atom. The summed E-state index contributed by atoms with van der Waals surface area (Å²) in [5.41, 5.74) is 9.14. The van der Waals surface area contributed by atoms with Gasteiger partial charge in [0.1, 0.15) is 0 Å². The molecule has 0 N–H and O–H groups in total. The highest BCUT2D eigenvalue weighted by atomic mass is 16.7. The number of hydrogen-bond donors (Lipinski definition) is 0. The van der Waals surface area contributed by atoms with Crippen molar-refractivity contribution in [3.63, 3.8) is 0 Å². The molecule has 4 fully saturated rings. The smallest absolute Gasteiger partial charge is 0.169 e. The van der Waals surface area contributed by atoms with Gasteiger partial charge in [0, 0.05) is 35.3 Å². The topological polar surface area (TPSA) is 18.5 Å². The number of fused-ring (bicyclic) bond motifs is 4. The van der Waals surface area contributed by atoms with E-state index in [0.29, 0.717) is 17.3 Å². The largest absolute Gasteiger partial charge is 0.349 e. The van der Waals surface area contributed by atoms with Gasteiger partial charge in [-0.3, -0.25) is 0 Å². The van der Waals surface area contributed by atoms with Crippen molar-refractivity contribution in [2.24, 2.45) is 34.5 Å². The predicted octanol–water partition coefficient (Wildman–Crippen LogP) is 9.21. The molecule has 1 saturated heterocycles. The molecule has 0 amide bonds. The summed E-state index contributed by atoms with van der Waals surface area (Å²) in [5, 5.41) is 0. The van der Waals surface area contributed by atoms with Crippen LogP contribution in [0.5, 0.6) is 0 Å². The van der Waals surface area contributed by atoms with Crippen LogP contribution in [0.25, 0.3) is 0 Å². The third-order valence-corrected chi connectivity index (χ3v) is 11.9. The Balaban J connectivity index is 1.21. The van der Waals surface area contributed by atoms with Gasteiger partial charge >= 0.3 is 0 Å². The molecule has 7 rings (SSSR count). The average Bonchev–Trinajstić information content (AvgIpc) is 3.27. The molecule has 1 aliphatic heterocycles. The zero-order chi connectivity index (χ0) is 28.4. The highest BCUT2D eigenvalue weighted by molar-refractivity contribution is 5.47. The highest BCUT2D eigenvalue weighted by Crippen LogP contribution is 2.66. The lowest BCUT2D eigenvalue weighted by molar-refractivity contribution is -0.312. The summed E-state index contributed by atoms with van der Waals surface area (Å²) in [6.45, 7) is 13.4. The van der Waals surface area contributed by atoms with Crippen molar-refractivity contribution in [3.8, 4) is 11.8 Å². The number of allylic oxidation sites excluding steroid dienone is 2. The van der Waals surface area contributed by atoms with Crippen LogP contribution >= 0.6 is 0 Å². The molecule has 216 valence electrons. The molecule has 1 spiro atoms. The molecule has 5 aliphatic rings. The maximum Gasteiger partial charge on any atom is 0.169 e. The molecular weight excluding hydrogens is 500 g/mol. The molecule has 6 unspecified atom stereocenters. The van der Waals surface area contributed by atoms with E-state index >= 15 is 0 Å². The fourth-order valence-electron chi connectivity index (χ4n) is 9.44. The Bertz CT molecular complexity index is 1390. The Morgan fingerprint density at radius 3 is 2.34 bits per heavy atom. The Labute approximate surface area is 248 Å². The lowest BCUT2D eigenvalue weighted by Gasteiger charge is -2.55. The standard InChI is InChI=1S/C39H48O2/c1-26-7-6-8-29(21-26)11-10-28-12-14-30(15-13-28)34-23-38(5)27(2)9-18-35(38)33-17-16-31-22-39(20-19-32(31)36(33)34)40-24-37(3,4)25-41-39/h6-8,12-15,21,27,31,33-35H,9,16-20,22-25H2,1-5H3. The van der Waals surface area contributed by atoms with Gasteiger partial charge in [-0.15, -0.1) is 0 Å². The summed E-state index contributed by atoms with van der Waals surface area (Å²) < 4.78 is 13.1. The normalized spacial score (nSPS) is 35.2. The molecule has 2 aromatic rings. The summed E-state index contributed by atoms with van der Waals surface area (Å²) in [6.07, 6.45) is 9.96. The van der Waals surface area contributed by atoms with Gasteiger partial charge < -0.3 is 9.47 Å². The molecule has 1 heterocycles. The number of ether oxygens (including phenoxy) is 2. The lowest BCUT2D eigenvalue weighted by atomic mass is 9.51. The molecule has 0 bridgehead atoms. The van der Waals surface area contributed by atoms with Gasteiger partial charge in [-0.25, -0.2) is 0 Å². The van der Waals surface area contributed by atoms with Crippen molar-refractivity contribution >= 4 is 0 Å². The molecule has 6 atom stereocenters. The fourth-order valence-corrected chi connectivity index (χ4v) is 9.44. The zero-order valence-corrected chi connectivity index (χ0v) is 25.9. The van der Waals surface area contributed by atoms with E-state index in [-0.39, 0.29) is 11.2 Å². The quantitative estimate of drug-likeness (QED) is 0.261. The van der Waals surface area contributed by atoms with Crippen LogP contribution in [0.4, 0.5) is 0 Å². The van der Waals surface area contributed by atoms with Crippen molar-refractivity contribution in [1.29, 1.82) is 0 Å². The molecule has 2 nitrogen and oxygen atoms in total. The summed E-state index contributed by atoms with van der Waals surface area (Å²) in [4.78, 5) is 0. The van der Waals surface area contributed by atoms with E-state index in [0.717, 1.165) is 61.4 Å². The van der Waals surface area contributed by atoms with Gasteiger partial charge in [-0.1, -0.05) is 74.9 Å². The van der Waals surface area contributed by atoms with Crippen LogP contribution in [0, 0.1) is 53.3 Å². The first-order valence-corrected chi connectivity index (χ1v) is 16.3. The fraction of sp³-hybridized carbons (Fsp3) is 0.590. The van der Waals surface area contributed by atoms with Crippen molar-refractivity contribution in [3.05, 3.63) is 81.9 Å². The Kier molecular flexibility index (Phi) is 6.80. The van der Waals surface area contributed by atoms with Gasteiger partial charge in [-0.05, 0) is 110 Å². The second kappa shape index (κ2) is 10.1. The monoisotopic (exact) mass is 548 g/mol. The number of aryl methyl sites for hydroxylation is 1. The molecule has 0 radical (unpaired) electrons. The highest BCUT2D eigenvalue weighted by Gasteiger charge is 2.57. The molecule has 2 heteroatoms. The van der Waals surface area contributed by atoms with E-state index in [1.54, 1.807) is 5.57 Å². The van der Waals surface area contributed by atoms with Crippen LogP contribution in [-0.4, -0.2) is 19.0 Å². The molecule has 2 aromatic carbocycles. The first-order valence-electron chi connectivity index (χ1n) is 16.3. The van der Waals surface area contributed by atoms with Crippen LogP contribution in [0.3, 0.4) is 0 Å². The minimum atomic E-state index is -0.352. The van der Waals surface area contributed by atoms with Gasteiger partial charge in [-0.2, -0.15) is 0 Å². The molecule has 41 heavy (non-hydrogen) atoms. The summed E-state index contributed by atoms with van der Waals surface area (Å²) in [5.74, 6) is 9.98. The van der Waals surface area contributed by atoms with E-state index < -0.39 is 0 Å². The molecule has 0 aromatic heterocycles. The second-order valence-corrected chi connectivity index (χ2v) is 15.3. The first-order chi connectivity index (χ1) is 19.6. The van der Waals surface area contributed by atoms with Gasteiger partial charge in [0.15, 0.2) is 5.79 Å². The van der Waals surface area contributed by atoms with Crippen molar-refractivity contribution in [1.82, 2.24) is 0 Å². The maximum atomic E-state index is 6.53. The van der Waals surface area contributed by atoms with E-state index in [4.69, 9.17) is 9.47 Å². The molecular formula is C39H48O2. The van der Waals surface area contributed by atoms with E-state index in [1.807, 2.05) is 5.57 Å². The van der Waals surface area contributed by atoms with Crippen LogP contribution in [0.1, 0.15) is 107 Å². The van der Waals surface area contributed by atoms with Crippen molar-refractivity contribution < 1.29 is 9.47 Å². The summed E-state index contributed by atoms with van der Waals surface area (Å²) in [7, 11) is 0. The van der Waals surface area contributed by atoms with E-state index in [9.17, 15) is 0 Å². The minimum Gasteiger partial charge on any atom is -0.349 e. The van der Waals surface area contributed by atoms with Gasteiger partial charge in [0.25, 0.3) is 0 Å². The Morgan fingerprint density at radius 1 is 0.829 bits per heavy atom. The number of benzene rings is 2. The van der Waals surface area contributed by atoms with E-state index in [2.05, 4.69) is 95.0 Å². The van der Waals surface area contributed by atoms with Crippen LogP contribution in [-0.2, 0) is 9.47 Å². The summed E-state index contributed by atoms with van der Waals surface area (Å²) >= 11 is 0. The number of rotatable bonds is 1. The van der Waals surface area contributed by atoms with Gasteiger partial charge in [0.2, 0.25) is 0 Å². The third-order valence-electron chi connectivity index (χ3n) is 11.9. The number of hydrogen-bond acceptors (Lipinski definition) is 2. The van der Waals surface area contributed by atoms with E-state index in [1.165, 1.54) is 43.2 Å². The summed E-state index contributed by atoms with van der Waals surface area (Å²) in [6, 6.07) is 17.8. The molecule has 3 saturated carbocycles.